The summed E-state index contributed by atoms with van der Waals surface area (Å²) in [5.41, 5.74) is 2.16. The van der Waals surface area contributed by atoms with Crippen LogP contribution in [0.25, 0.3) is 6.08 Å². The maximum atomic E-state index is 11.7. The number of allylic oxidation sites excluding steroid dienone is 1. The van der Waals surface area contributed by atoms with Crippen molar-refractivity contribution < 1.29 is 4.79 Å². The van der Waals surface area contributed by atoms with Gasteiger partial charge in [0.25, 0.3) is 0 Å². The maximum absolute atomic E-state index is 11.7. The van der Waals surface area contributed by atoms with E-state index in [9.17, 15) is 4.79 Å². The maximum Gasteiger partial charge on any atom is 0.158 e. The van der Waals surface area contributed by atoms with Crippen LogP contribution in [0.1, 0.15) is 44.6 Å². The third-order valence-electron chi connectivity index (χ3n) is 3.15. The summed E-state index contributed by atoms with van der Waals surface area (Å²) in [6.45, 7) is 2.19. The molecule has 1 saturated carbocycles. The van der Waals surface area contributed by atoms with E-state index in [0.29, 0.717) is 5.78 Å². The van der Waals surface area contributed by atoms with E-state index in [2.05, 4.69) is 37.3 Å². The number of benzene rings is 1. The molecular formula is C16H20OS. The Balaban J connectivity index is 2.05. The van der Waals surface area contributed by atoms with Gasteiger partial charge in [-0.25, -0.2) is 0 Å². The molecule has 1 aliphatic rings. The predicted molar refractivity (Wildman–Crippen MR) is 78.9 cm³/mol. The van der Waals surface area contributed by atoms with Gasteiger partial charge in [0.1, 0.15) is 0 Å². The van der Waals surface area contributed by atoms with Crippen molar-refractivity contribution >= 4 is 23.6 Å². The fourth-order valence-corrected chi connectivity index (χ4v) is 2.90. The molecule has 0 N–H and O–H groups in total. The molecule has 0 heterocycles. The molecule has 1 aromatic carbocycles. The Labute approximate surface area is 114 Å². The van der Waals surface area contributed by atoms with Crippen molar-refractivity contribution in [2.45, 2.75) is 43.9 Å². The van der Waals surface area contributed by atoms with Crippen molar-refractivity contribution in [1.29, 1.82) is 0 Å². The lowest BCUT2D eigenvalue weighted by atomic mass is 9.92. The van der Waals surface area contributed by atoms with Crippen LogP contribution < -0.4 is 0 Å². The monoisotopic (exact) mass is 260 g/mol. The van der Waals surface area contributed by atoms with Crippen molar-refractivity contribution in [1.82, 2.24) is 0 Å². The van der Waals surface area contributed by atoms with Gasteiger partial charge in [0.2, 0.25) is 0 Å². The van der Waals surface area contributed by atoms with Crippen LogP contribution in [-0.4, -0.2) is 11.5 Å². The van der Waals surface area contributed by atoms with E-state index in [4.69, 9.17) is 0 Å². The Kier molecular flexibility index (Phi) is 5.06. The highest BCUT2D eigenvalue weighted by Gasteiger charge is 2.14. The third-order valence-corrected chi connectivity index (χ3v) is 4.37. The largest absolute Gasteiger partial charge is 0.295 e. The van der Waals surface area contributed by atoms with Crippen LogP contribution in [0.5, 0.6) is 0 Å². The smallest absolute Gasteiger partial charge is 0.158 e. The normalized spacial score (nSPS) is 18.3. The van der Waals surface area contributed by atoms with Crippen LogP contribution in [-0.2, 0) is 4.79 Å². The molecule has 18 heavy (non-hydrogen) atoms. The quantitative estimate of drug-likeness (QED) is 0.576. The molecule has 1 aromatic rings. The second-order valence-electron chi connectivity index (χ2n) is 4.72. The first-order valence-corrected chi connectivity index (χ1v) is 7.75. The van der Waals surface area contributed by atoms with Gasteiger partial charge >= 0.3 is 0 Å². The molecule has 1 fully saturated rings. The molecule has 96 valence electrons. The van der Waals surface area contributed by atoms with Crippen molar-refractivity contribution in [3.63, 3.8) is 0 Å². The minimum absolute atomic E-state index is 0.339. The van der Waals surface area contributed by atoms with Gasteiger partial charge in [0, 0.05) is 11.3 Å². The lowest BCUT2D eigenvalue weighted by Crippen LogP contribution is -2.07. The zero-order chi connectivity index (χ0) is 12.8. The third kappa shape index (κ3) is 3.74. The molecule has 0 atom stereocenters. The Morgan fingerprint density at radius 3 is 2.56 bits per heavy atom. The zero-order valence-corrected chi connectivity index (χ0v) is 11.8. The molecule has 0 saturated heterocycles. The number of rotatable bonds is 4. The van der Waals surface area contributed by atoms with Gasteiger partial charge < -0.3 is 0 Å². The average Bonchev–Trinajstić information content (AvgIpc) is 2.41. The first-order valence-electron chi connectivity index (χ1n) is 6.76. The number of ketones is 1. The van der Waals surface area contributed by atoms with Gasteiger partial charge in [-0.05, 0) is 60.8 Å². The molecule has 0 aromatic heterocycles. The lowest BCUT2D eigenvalue weighted by molar-refractivity contribution is -0.116. The minimum Gasteiger partial charge on any atom is -0.295 e. The average molecular weight is 260 g/mol. The van der Waals surface area contributed by atoms with Crippen molar-refractivity contribution in [3.05, 3.63) is 35.4 Å². The van der Waals surface area contributed by atoms with Crippen LogP contribution in [0.3, 0.4) is 0 Å². The highest BCUT2D eigenvalue weighted by Crippen LogP contribution is 2.24. The summed E-state index contributed by atoms with van der Waals surface area (Å²) in [6, 6.07) is 8.54. The Hall–Kier alpha value is -1.02. The second kappa shape index (κ2) is 6.79. The lowest BCUT2D eigenvalue weighted by Gasteiger charge is -2.12. The molecule has 1 nitrogen and oxygen atoms in total. The summed E-state index contributed by atoms with van der Waals surface area (Å²) in [5.74, 6) is 1.50. The summed E-state index contributed by atoms with van der Waals surface area (Å²) >= 11 is 1.89. The fourth-order valence-electron chi connectivity index (χ4n) is 2.14. The van der Waals surface area contributed by atoms with Crippen molar-refractivity contribution in [2.24, 2.45) is 0 Å². The Bertz CT molecular complexity index is 431. The first kappa shape index (κ1) is 13.4. The molecule has 0 unspecified atom stereocenters. The number of thioether (sulfide) groups is 1. The number of hydrogen-bond donors (Lipinski definition) is 0. The van der Waals surface area contributed by atoms with E-state index in [1.807, 2.05) is 11.8 Å². The van der Waals surface area contributed by atoms with E-state index in [0.717, 1.165) is 36.8 Å². The van der Waals surface area contributed by atoms with E-state index in [-0.39, 0.29) is 0 Å². The summed E-state index contributed by atoms with van der Waals surface area (Å²) in [5, 5.41) is 0. The van der Waals surface area contributed by atoms with Gasteiger partial charge in [0.15, 0.2) is 5.78 Å². The Morgan fingerprint density at radius 1 is 1.17 bits per heavy atom. The van der Waals surface area contributed by atoms with Gasteiger partial charge in [-0.3, -0.25) is 4.79 Å². The molecule has 0 aliphatic heterocycles. The van der Waals surface area contributed by atoms with Gasteiger partial charge in [-0.1, -0.05) is 19.1 Å². The SMILES string of the molecule is CCCSc1ccc(/C=C2/CCCCC2=O)cc1. The first-order chi connectivity index (χ1) is 8.79. The molecule has 0 radical (unpaired) electrons. The van der Waals surface area contributed by atoms with Crippen LogP contribution in [0.15, 0.2) is 34.7 Å². The van der Waals surface area contributed by atoms with Crippen LogP contribution >= 0.6 is 11.8 Å². The summed E-state index contributed by atoms with van der Waals surface area (Å²) in [4.78, 5) is 13.0. The minimum atomic E-state index is 0.339. The number of carbonyl (C=O) groups is 1. The zero-order valence-electron chi connectivity index (χ0n) is 10.9. The molecular weight excluding hydrogens is 240 g/mol. The van der Waals surface area contributed by atoms with Crippen molar-refractivity contribution in [2.75, 3.05) is 5.75 Å². The van der Waals surface area contributed by atoms with Gasteiger partial charge in [-0.2, -0.15) is 0 Å². The van der Waals surface area contributed by atoms with Gasteiger partial charge in [-0.15, -0.1) is 11.8 Å². The summed E-state index contributed by atoms with van der Waals surface area (Å²) in [7, 11) is 0. The highest BCUT2D eigenvalue weighted by atomic mass is 32.2. The highest BCUT2D eigenvalue weighted by molar-refractivity contribution is 7.99. The molecule has 1 aliphatic carbocycles. The number of hydrogen-bond acceptors (Lipinski definition) is 2. The van der Waals surface area contributed by atoms with Crippen LogP contribution in [0, 0.1) is 0 Å². The van der Waals surface area contributed by atoms with Gasteiger partial charge in [0.05, 0.1) is 0 Å². The summed E-state index contributed by atoms with van der Waals surface area (Å²) < 4.78 is 0. The Morgan fingerprint density at radius 2 is 1.89 bits per heavy atom. The van der Waals surface area contributed by atoms with E-state index in [1.54, 1.807) is 0 Å². The van der Waals surface area contributed by atoms with Crippen molar-refractivity contribution in [3.8, 4) is 0 Å². The predicted octanol–water partition coefficient (Wildman–Crippen LogP) is 4.72. The molecule has 2 heteroatoms. The standard InChI is InChI=1S/C16H20OS/c1-2-11-18-15-9-7-13(8-10-15)12-14-5-3-4-6-16(14)17/h7-10,12H,2-6,11H2,1H3/b14-12-. The fraction of sp³-hybridized carbons (Fsp3) is 0.438. The second-order valence-corrected chi connectivity index (χ2v) is 5.89. The van der Waals surface area contributed by atoms with Crippen LogP contribution in [0.4, 0.5) is 0 Å². The van der Waals surface area contributed by atoms with E-state index >= 15 is 0 Å². The molecule has 2 rings (SSSR count). The van der Waals surface area contributed by atoms with E-state index in [1.165, 1.54) is 17.1 Å². The molecule has 0 amide bonds. The summed E-state index contributed by atoms with van der Waals surface area (Å²) in [6.07, 6.45) is 7.16. The number of Topliss-reactive ketones (excluding diaryl/α,β-unsaturated/α-hetero) is 1. The molecule has 0 bridgehead atoms. The number of carbonyl (C=O) groups excluding carboxylic acids is 1. The molecule has 0 spiro atoms. The van der Waals surface area contributed by atoms with Crippen LogP contribution in [0.2, 0.25) is 0 Å². The topological polar surface area (TPSA) is 17.1 Å². The van der Waals surface area contributed by atoms with E-state index < -0.39 is 0 Å².